The molecule has 7 heteroatoms. The number of amides is 4. The van der Waals surface area contributed by atoms with Crippen LogP contribution in [0, 0.1) is 0 Å². The molecule has 1 atom stereocenters. The van der Waals surface area contributed by atoms with Crippen LogP contribution in [0.4, 0.5) is 15.3 Å². The van der Waals surface area contributed by atoms with Crippen molar-refractivity contribution in [1.82, 2.24) is 10.6 Å². The van der Waals surface area contributed by atoms with Crippen molar-refractivity contribution in [1.29, 1.82) is 0 Å². The van der Waals surface area contributed by atoms with Gasteiger partial charge in [0.25, 0.3) is 5.24 Å². The van der Waals surface area contributed by atoms with Gasteiger partial charge in [0.1, 0.15) is 0 Å². The first-order valence-corrected chi connectivity index (χ1v) is 13.3. The summed E-state index contributed by atoms with van der Waals surface area (Å²) >= 11 is 1.04. The number of hydrogen-bond acceptors (Lipinski definition) is 4. The minimum atomic E-state index is -0.386. The number of nitrogens with zero attached hydrogens (tertiary/aromatic N) is 1. The summed E-state index contributed by atoms with van der Waals surface area (Å²) in [6.07, 6.45) is 0.499. The summed E-state index contributed by atoms with van der Waals surface area (Å²) in [6, 6.07) is 31.8. The molecule has 1 unspecified atom stereocenters. The highest BCUT2D eigenvalue weighted by molar-refractivity contribution is 8.15. The topological polar surface area (TPSA) is 78.5 Å². The van der Waals surface area contributed by atoms with Crippen molar-refractivity contribution in [2.45, 2.75) is 17.7 Å². The zero-order valence-corrected chi connectivity index (χ0v) is 21.5. The van der Waals surface area contributed by atoms with E-state index in [1.54, 1.807) is 11.9 Å². The second-order valence-corrected chi connectivity index (χ2v) is 10.6. The van der Waals surface area contributed by atoms with E-state index in [1.807, 2.05) is 72.8 Å². The van der Waals surface area contributed by atoms with Gasteiger partial charge in [-0.3, -0.25) is 19.8 Å². The second kappa shape index (κ2) is 9.84. The summed E-state index contributed by atoms with van der Waals surface area (Å²) in [5, 5.41) is 4.88. The number of hydrogen-bond donors (Lipinski definition) is 2. The molecule has 1 aliphatic heterocycles. The van der Waals surface area contributed by atoms with Crippen molar-refractivity contribution in [3.8, 4) is 22.3 Å². The van der Waals surface area contributed by atoms with E-state index in [1.165, 1.54) is 0 Å². The molecule has 2 N–H and O–H groups in total. The predicted molar refractivity (Wildman–Crippen MR) is 151 cm³/mol. The number of thioether (sulfide) groups is 1. The summed E-state index contributed by atoms with van der Waals surface area (Å²) in [4.78, 5) is 38.3. The molecular weight excluding hydrogens is 494 g/mol. The fourth-order valence-electron chi connectivity index (χ4n) is 5.12. The molecule has 1 fully saturated rings. The minimum absolute atomic E-state index is 0.184. The molecule has 38 heavy (non-hydrogen) atoms. The van der Waals surface area contributed by atoms with Crippen LogP contribution in [0.25, 0.3) is 22.3 Å². The normalized spacial score (nSPS) is 16.1. The Morgan fingerprint density at radius 3 is 2.13 bits per heavy atom. The number of fused-ring (bicyclic) bond motifs is 3. The van der Waals surface area contributed by atoms with Crippen molar-refractivity contribution >= 4 is 34.6 Å². The number of benzene rings is 4. The first kappa shape index (κ1) is 24.0. The molecule has 0 spiro atoms. The third kappa shape index (κ3) is 4.46. The SMILES string of the molecule is CN(C(=O)NC1c2ccccc2-c2ccccc21)c1cccc(-c2ccc(CC3SC(=O)NC3=O)cc2)c1. The van der Waals surface area contributed by atoms with Gasteiger partial charge in [-0.25, -0.2) is 4.79 Å². The quantitative estimate of drug-likeness (QED) is 0.331. The fourth-order valence-corrected chi connectivity index (χ4v) is 5.98. The lowest BCUT2D eigenvalue weighted by Crippen LogP contribution is -2.39. The van der Waals surface area contributed by atoms with E-state index < -0.39 is 0 Å². The zero-order chi connectivity index (χ0) is 26.2. The van der Waals surface area contributed by atoms with Gasteiger partial charge in [0, 0.05) is 12.7 Å². The van der Waals surface area contributed by atoms with Gasteiger partial charge in [0.2, 0.25) is 5.91 Å². The summed E-state index contributed by atoms with van der Waals surface area (Å²) in [6.45, 7) is 0. The van der Waals surface area contributed by atoms with Crippen molar-refractivity contribution in [3.05, 3.63) is 114 Å². The van der Waals surface area contributed by atoms with E-state index in [0.29, 0.717) is 6.42 Å². The molecule has 1 aliphatic carbocycles. The number of carbonyl (C=O) groups excluding carboxylic acids is 3. The van der Waals surface area contributed by atoms with E-state index in [4.69, 9.17) is 0 Å². The standard InChI is InChI=1S/C31H25N3O3S/c1-34(30(36)32-28-25-11-4-2-9-23(25)24-10-3-5-12-26(24)28)22-8-6-7-21(18-22)20-15-13-19(14-16-20)17-27-29(35)33-31(37)38-27/h2-16,18,27-28H,17H2,1H3,(H,32,36)(H,33,35,37). The largest absolute Gasteiger partial charge is 0.327 e. The zero-order valence-electron chi connectivity index (χ0n) is 20.7. The molecule has 4 aromatic carbocycles. The Hall–Kier alpha value is -4.36. The monoisotopic (exact) mass is 519 g/mol. The molecule has 6 nitrogen and oxygen atoms in total. The Morgan fingerprint density at radius 2 is 1.50 bits per heavy atom. The molecular formula is C31H25N3O3S. The van der Waals surface area contributed by atoms with Gasteiger partial charge in [-0.1, -0.05) is 96.7 Å². The van der Waals surface area contributed by atoms with Crippen LogP contribution in [0.3, 0.4) is 0 Å². The van der Waals surface area contributed by atoms with Crippen LogP contribution in [0.1, 0.15) is 22.7 Å². The maximum absolute atomic E-state index is 13.4. The van der Waals surface area contributed by atoms with Gasteiger partial charge in [0.15, 0.2) is 0 Å². The number of imide groups is 1. The number of urea groups is 1. The Balaban J connectivity index is 1.18. The summed E-state index contributed by atoms with van der Waals surface area (Å²) in [5.41, 5.74) is 8.25. The highest BCUT2D eigenvalue weighted by Crippen LogP contribution is 2.43. The lowest BCUT2D eigenvalue weighted by atomic mass is 10.0. The van der Waals surface area contributed by atoms with Gasteiger partial charge in [-0.2, -0.15) is 0 Å². The first-order chi connectivity index (χ1) is 18.5. The predicted octanol–water partition coefficient (Wildman–Crippen LogP) is 6.16. The maximum Gasteiger partial charge on any atom is 0.322 e. The molecule has 188 valence electrons. The molecule has 6 rings (SSSR count). The number of rotatable bonds is 5. The highest BCUT2D eigenvalue weighted by atomic mass is 32.2. The van der Waals surface area contributed by atoms with E-state index >= 15 is 0 Å². The van der Waals surface area contributed by atoms with Crippen molar-refractivity contribution in [3.63, 3.8) is 0 Å². The van der Waals surface area contributed by atoms with E-state index in [9.17, 15) is 14.4 Å². The molecule has 1 saturated heterocycles. The van der Waals surface area contributed by atoms with E-state index in [0.717, 1.165) is 56.4 Å². The van der Waals surface area contributed by atoms with Crippen LogP contribution in [0.15, 0.2) is 97.1 Å². The average molecular weight is 520 g/mol. The van der Waals surface area contributed by atoms with Gasteiger partial charge in [-0.15, -0.1) is 0 Å². The lowest BCUT2D eigenvalue weighted by Gasteiger charge is -2.23. The van der Waals surface area contributed by atoms with Crippen LogP contribution >= 0.6 is 11.8 Å². The third-order valence-corrected chi connectivity index (χ3v) is 8.10. The Morgan fingerprint density at radius 1 is 0.842 bits per heavy atom. The second-order valence-electron chi connectivity index (χ2n) is 9.45. The van der Waals surface area contributed by atoms with Crippen molar-refractivity contribution < 1.29 is 14.4 Å². The van der Waals surface area contributed by atoms with Crippen LogP contribution in [0.5, 0.6) is 0 Å². The van der Waals surface area contributed by atoms with Crippen molar-refractivity contribution in [2.24, 2.45) is 0 Å². The molecule has 0 radical (unpaired) electrons. The van der Waals surface area contributed by atoms with Crippen LogP contribution in [-0.4, -0.2) is 29.5 Å². The molecule has 4 amide bonds. The summed E-state index contributed by atoms with van der Waals surface area (Å²) < 4.78 is 0. The smallest absolute Gasteiger partial charge is 0.322 e. The third-order valence-electron chi connectivity index (χ3n) is 7.12. The van der Waals surface area contributed by atoms with Gasteiger partial charge in [-0.05, 0) is 57.5 Å². The highest BCUT2D eigenvalue weighted by Gasteiger charge is 2.32. The number of carbonyl (C=O) groups is 3. The molecule has 4 aromatic rings. The Kier molecular flexibility index (Phi) is 6.21. The van der Waals surface area contributed by atoms with Crippen LogP contribution in [-0.2, 0) is 11.2 Å². The number of anilines is 1. The van der Waals surface area contributed by atoms with E-state index in [2.05, 4.69) is 34.9 Å². The van der Waals surface area contributed by atoms with Gasteiger partial charge in [0.05, 0.1) is 11.3 Å². The first-order valence-electron chi connectivity index (χ1n) is 12.4. The van der Waals surface area contributed by atoms with Gasteiger partial charge >= 0.3 is 6.03 Å². The summed E-state index contributed by atoms with van der Waals surface area (Å²) in [5.74, 6) is -0.234. The lowest BCUT2D eigenvalue weighted by molar-refractivity contribution is -0.118. The average Bonchev–Trinajstić information content (AvgIpc) is 3.44. The van der Waals surface area contributed by atoms with Crippen LogP contribution < -0.4 is 15.5 Å². The molecule has 0 saturated carbocycles. The molecule has 2 aliphatic rings. The van der Waals surface area contributed by atoms with Gasteiger partial charge < -0.3 is 5.32 Å². The maximum atomic E-state index is 13.4. The minimum Gasteiger partial charge on any atom is -0.327 e. The Labute approximate surface area is 225 Å². The van der Waals surface area contributed by atoms with E-state index in [-0.39, 0.29) is 28.5 Å². The molecule has 0 aromatic heterocycles. The van der Waals surface area contributed by atoms with Crippen molar-refractivity contribution in [2.75, 3.05) is 11.9 Å². The summed E-state index contributed by atoms with van der Waals surface area (Å²) in [7, 11) is 1.77. The van der Waals surface area contributed by atoms with Crippen LogP contribution in [0.2, 0.25) is 0 Å². The molecule has 1 heterocycles. The molecule has 0 bridgehead atoms. The Bertz CT molecular complexity index is 1520. The fraction of sp³-hybridized carbons (Fsp3) is 0.129. The number of nitrogens with one attached hydrogen (secondary N) is 2.